The number of hydrogen-bond donors (Lipinski definition) is 1. The number of aromatic carboxylic acids is 1. The fraction of sp³-hybridized carbons (Fsp3) is 0.188. The van der Waals surface area contributed by atoms with Crippen molar-refractivity contribution in [2.45, 2.75) is 20.0 Å². The molecule has 2 rings (SSSR count). The van der Waals surface area contributed by atoms with E-state index in [4.69, 9.17) is 9.84 Å². The van der Waals surface area contributed by atoms with Crippen LogP contribution in [-0.4, -0.2) is 11.1 Å². The van der Waals surface area contributed by atoms with Gasteiger partial charge in [0.05, 0.1) is 0 Å². The first-order chi connectivity index (χ1) is 9.08. The van der Waals surface area contributed by atoms with Gasteiger partial charge in [0.2, 0.25) is 0 Å². The molecule has 0 saturated carbocycles. The molecule has 0 aromatic heterocycles. The summed E-state index contributed by atoms with van der Waals surface area (Å²) in [6.45, 7) is 3.93. The molecule has 98 valence electrons. The second-order valence-electron chi connectivity index (χ2n) is 4.47. The highest BCUT2D eigenvalue weighted by Crippen LogP contribution is 2.25. The van der Waals surface area contributed by atoms with Crippen LogP contribution in [0.4, 0.5) is 0 Å². The van der Waals surface area contributed by atoms with E-state index in [1.54, 1.807) is 24.3 Å². The number of para-hydroxylation sites is 1. The largest absolute Gasteiger partial charge is 0.485 e. The minimum Gasteiger partial charge on any atom is -0.485 e. The zero-order valence-corrected chi connectivity index (χ0v) is 11.0. The van der Waals surface area contributed by atoms with Crippen molar-refractivity contribution in [3.63, 3.8) is 0 Å². The fourth-order valence-corrected chi connectivity index (χ4v) is 1.84. The van der Waals surface area contributed by atoms with Crippen molar-refractivity contribution >= 4 is 5.97 Å². The average Bonchev–Trinajstić information content (AvgIpc) is 2.39. The Bertz CT molecular complexity index is 573. The van der Waals surface area contributed by atoms with E-state index < -0.39 is 5.97 Å². The zero-order valence-electron chi connectivity index (χ0n) is 11.0. The van der Waals surface area contributed by atoms with Gasteiger partial charge in [0.1, 0.15) is 17.4 Å². The number of carbonyl (C=O) groups is 1. The van der Waals surface area contributed by atoms with Gasteiger partial charge < -0.3 is 9.84 Å². The van der Waals surface area contributed by atoms with Crippen molar-refractivity contribution in [1.82, 2.24) is 0 Å². The third-order valence-electron chi connectivity index (χ3n) is 2.97. The summed E-state index contributed by atoms with van der Waals surface area (Å²) in [5.74, 6) is -0.588. The predicted octanol–water partition coefficient (Wildman–Crippen LogP) is 3.83. The van der Waals surface area contributed by atoms with E-state index in [1.165, 1.54) is 5.56 Å². The maximum atomic E-state index is 11.1. The number of carboxylic acids is 1. The summed E-state index contributed by atoms with van der Waals surface area (Å²) >= 11 is 0. The summed E-state index contributed by atoms with van der Waals surface area (Å²) in [5, 5.41) is 9.11. The molecule has 0 spiro atoms. The highest BCUT2D eigenvalue weighted by molar-refractivity contribution is 5.90. The zero-order chi connectivity index (χ0) is 13.8. The summed E-state index contributed by atoms with van der Waals surface area (Å²) in [5.41, 5.74) is 2.38. The van der Waals surface area contributed by atoms with Gasteiger partial charge in [0, 0.05) is 0 Å². The van der Waals surface area contributed by atoms with Gasteiger partial charge in [-0.05, 0) is 31.5 Å². The van der Waals surface area contributed by atoms with Crippen molar-refractivity contribution < 1.29 is 14.6 Å². The highest BCUT2D eigenvalue weighted by Gasteiger charge is 2.13. The van der Waals surface area contributed by atoms with Gasteiger partial charge in [-0.3, -0.25) is 0 Å². The number of carboxylic acid groups (broad SMARTS) is 1. The highest BCUT2D eigenvalue weighted by atomic mass is 16.5. The van der Waals surface area contributed by atoms with E-state index in [2.05, 4.69) is 0 Å². The smallest absolute Gasteiger partial charge is 0.339 e. The Hall–Kier alpha value is -2.29. The van der Waals surface area contributed by atoms with Crippen LogP contribution in [0.5, 0.6) is 5.75 Å². The van der Waals surface area contributed by atoms with Crippen LogP contribution >= 0.6 is 0 Å². The Morgan fingerprint density at radius 2 is 1.74 bits per heavy atom. The molecule has 1 atom stereocenters. The number of ether oxygens (including phenoxy) is 1. The van der Waals surface area contributed by atoms with Crippen LogP contribution in [-0.2, 0) is 0 Å². The second kappa shape index (κ2) is 5.57. The van der Waals surface area contributed by atoms with Gasteiger partial charge in [-0.15, -0.1) is 0 Å². The van der Waals surface area contributed by atoms with Crippen molar-refractivity contribution in [2.75, 3.05) is 0 Å². The lowest BCUT2D eigenvalue weighted by Gasteiger charge is -2.16. The quantitative estimate of drug-likeness (QED) is 0.904. The lowest BCUT2D eigenvalue weighted by Crippen LogP contribution is -2.07. The molecule has 1 unspecified atom stereocenters. The van der Waals surface area contributed by atoms with E-state index in [0.717, 1.165) is 5.56 Å². The van der Waals surface area contributed by atoms with Crippen LogP contribution in [0.15, 0.2) is 48.5 Å². The molecule has 19 heavy (non-hydrogen) atoms. The topological polar surface area (TPSA) is 46.5 Å². The standard InChI is InChI=1S/C16H16O3/c1-11-7-9-13(10-8-11)12(2)19-15-6-4-3-5-14(15)16(17)18/h3-10,12H,1-2H3,(H,17,18). The Balaban J connectivity index is 2.21. The third kappa shape index (κ3) is 3.13. The van der Waals surface area contributed by atoms with Crippen molar-refractivity contribution in [2.24, 2.45) is 0 Å². The lowest BCUT2D eigenvalue weighted by atomic mass is 10.1. The molecule has 0 radical (unpaired) electrons. The molecule has 1 N–H and O–H groups in total. The number of rotatable bonds is 4. The first-order valence-electron chi connectivity index (χ1n) is 6.13. The monoisotopic (exact) mass is 256 g/mol. The molecule has 0 aliphatic carbocycles. The second-order valence-corrected chi connectivity index (χ2v) is 4.47. The number of aryl methyl sites for hydroxylation is 1. The Kier molecular flexibility index (Phi) is 3.85. The molecule has 0 bridgehead atoms. The fourth-order valence-electron chi connectivity index (χ4n) is 1.84. The minimum absolute atomic E-state index is 0.182. The van der Waals surface area contributed by atoms with Crippen LogP contribution in [0.25, 0.3) is 0 Å². The molecule has 2 aromatic rings. The third-order valence-corrected chi connectivity index (χ3v) is 2.97. The first-order valence-corrected chi connectivity index (χ1v) is 6.13. The van der Waals surface area contributed by atoms with Crippen LogP contribution in [0, 0.1) is 6.92 Å². The summed E-state index contributed by atoms with van der Waals surface area (Å²) in [4.78, 5) is 11.1. The summed E-state index contributed by atoms with van der Waals surface area (Å²) in [6.07, 6.45) is -0.193. The Morgan fingerprint density at radius 1 is 1.11 bits per heavy atom. The number of hydrogen-bond acceptors (Lipinski definition) is 2. The minimum atomic E-state index is -0.980. The molecule has 0 aliphatic heterocycles. The van der Waals surface area contributed by atoms with Gasteiger partial charge in [-0.2, -0.15) is 0 Å². The molecule has 0 saturated heterocycles. The average molecular weight is 256 g/mol. The van der Waals surface area contributed by atoms with Crippen molar-refractivity contribution in [3.05, 3.63) is 65.2 Å². The number of benzene rings is 2. The molecule has 3 heteroatoms. The maximum absolute atomic E-state index is 11.1. The summed E-state index contributed by atoms with van der Waals surface area (Å²) < 4.78 is 5.75. The molecule has 0 fully saturated rings. The molecule has 0 heterocycles. The Labute approximate surface area is 112 Å². The van der Waals surface area contributed by atoms with Crippen molar-refractivity contribution in [1.29, 1.82) is 0 Å². The molecule has 0 aliphatic rings. The van der Waals surface area contributed by atoms with Crippen LogP contribution in [0.3, 0.4) is 0 Å². The molecule has 0 amide bonds. The van der Waals surface area contributed by atoms with E-state index in [-0.39, 0.29) is 11.7 Å². The molecule has 2 aromatic carbocycles. The van der Waals surface area contributed by atoms with Crippen molar-refractivity contribution in [3.8, 4) is 5.75 Å². The molecule has 3 nitrogen and oxygen atoms in total. The van der Waals surface area contributed by atoms with Gasteiger partial charge in [0.25, 0.3) is 0 Å². The SMILES string of the molecule is Cc1ccc(C(C)Oc2ccccc2C(=O)O)cc1. The van der Waals surface area contributed by atoms with Gasteiger partial charge >= 0.3 is 5.97 Å². The maximum Gasteiger partial charge on any atom is 0.339 e. The van der Waals surface area contributed by atoms with E-state index in [0.29, 0.717) is 5.75 Å². The predicted molar refractivity (Wildman–Crippen MR) is 73.6 cm³/mol. The van der Waals surface area contributed by atoms with Crippen LogP contribution < -0.4 is 4.74 Å². The Morgan fingerprint density at radius 3 is 2.37 bits per heavy atom. The van der Waals surface area contributed by atoms with Gasteiger partial charge in [-0.25, -0.2) is 4.79 Å². The molecular weight excluding hydrogens is 240 g/mol. The van der Waals surface area contributed by atoms with Crippen LogP contribution in [0.2, 0.25) is 0 Å². The van der Waals surface area contributed by atoms with E-state index >= 15 is 0 Å². The normalized spacial score (nSPS) is 11.9. The van der Waals surface area contributed by atoms with E-state index in [1.807, 2.05) is 38.1 Å². The first kappa shape index (κ1) is 13.1. The van der Waals surface area contributed by atoms with E-state index in [9.17, 15) is 4.79 Å². The molecular formula is C16H16O3. The van der Waals surface area contributed by atoms with Crippen LogP contribution in [0.1, 0.15) is 34.5 Å². The summed E-state index contributed by atoms with van der Waals surface area (Å²) in [7, 11) is 0. The van der Waals surface area contributed by atoms with Gasteiger partial charge in [-0.1, -0.05) is 42.0 Å². The lowest BCUT2D eigenvalue weighted by molar-refractivity contribution is 0.0689. The summed E-state index contributed by atoms with van der Waals surface area (Å²) in [6, 6.07) is 14.7. The van der Waals surface area contributed by atoms with Gasteiger partial charge in [0.15, 0.2) is 0 Å².